The van der Waals surface area contributed by atoms with E-state index in [9.17, 15) is 9.59 Å². The summed E-state index contributed by atoms with van der Waals surface area (Å²) in [4.78, 5) is 23.4. The van der Waals surface area contributed by atoms with Crippen LogP contribution in [-0.4, -0.2) is 17.0 Å². The van der Waals surface area contributed by atoms with Crippen LogP contribution in [-0.2, 0) is 9.53 Å². The second kappa shape index (κ2) is 5.43. The van der Waals surface area contributed by atoms with Gasteiger partial charge in [-0.2, -0.15) is 0 Å². The number of hydrogen-bond acceptors (Lipinski definition) is 3. The molecule has 3 rings (SSSR count). The monoisotopic (exact) mass is 311 g/mol. The Morgan fingerprint density at radius 1 is 1.22 bits per heavy atom. The number of nitrogens with one attached hydrogen (secondary N) is 1. The third-order valence-corrected chi connectivity index (χ3v) is 4.13. The maximum Gasteiger partial charge on any atom is 0.335 e. The summed E-state index contributed by atoms with van der Waals surface area (Å²) in [6.07, 6.45) is 5.69. The molecule has 0 radical (unpaired) electrons. The summed E-state index contributed by atoms with van der Waals surface area (Å²) in [5.41, 5.74) is 3.24. The molecule has 118 valence electrons. The van der Waals surface area contributed by atoms with Crippen LogP contribution in [0.2, 0.25) is 0 Å². The number of rotatable bonds is 3. The van der Waals surface area contributed by atoms with Crippen molar-refractivity contribution in [1.82, 2.24) is 0 Å². The van der Waals surface area contributed by atoms with Crippen molar-refractivity contribution in [3.8, 4) is 0 Å². The molecule has 5 nitrogen and oxygen atoms in total. The molecule has 1 aromatic carbocycles. The number of carboxylic acids is 1. The Morgan fingerprint density at radius 3 is 2.57 bits per heavy atom. The van der Waals surface area contributed by atoms with Crippen molar-refractivity contribution < 1.29 is 19.4 Å². The topological polar surface area (TPSA) is 75.6 Å². The Bertz CT molecular complexity index is 767. The zero-order chi connectivity index (χ0) is 16.6. The van der Waals surface area contributed by atoms with E-state index in [0.717, 1.165) is 11.1 Å². The van der Waals surface area contributed by atoms with Crippen molar-refractivity contribution in [1.29, 1.82) is 0 Å². The molecule has 0 aromatic heterocycles. The molecule has 1 aromatic rings. The summed E-state index contributed by atoms with van der Waals surface area (Å²) in [7, 11) is 0. The van der Waals surface area contributed by atoms with Gasteiger partial charge >= 0.3 is 5.97 Å². The van der Waals surface area contributed by atoms with E-state index in [1.54, 1.807) is 24.7 Å². The molecule has 23 heavy (non-hydrogen) atoms. The molecular formula is C18H17NO4. The lowest BCUT2D eigenvalue weighted by Gasteiger charge is -2.21. The average Bonchev–Trinajstić information content (AvgIpc) is 2.80. The maximum absolute atomic E-state index is 12.6. The number of fused-ring (bicyclic) bond motifs is 1. The fraction of sp³-hybridized carbons (Fsp3) is 0.222. The number of aromatic carboxylic acids is 1. The molecule has 1 aliphatic heterocycles. The summed E-state index contributed by atoms with van der Waals surface area (Å²) < 4.78 is 5.24. The van der Waals surface area contributed by atoms with Gasteiger partial charge in [0, 0.05) is 16.8 Å². The van der Waals surface area contributed by atoms with Gasteiger partial charge in [0.25, 0.3) is 5.91 Å². The van der Waals surface area contributed by atoms with Crippen molar-refractivity contribution in [3.63, 3.8) is 0 Å². The standard InChI is InChI=1S/C18H17NO4/c1-18(2)9-14(13-7-8-23-10-15(13)18)16(20)19-12-5-3-11(4-6-12)17(21)22/h3-8,10H,9H2,1-2H3,(H,19,20)(H,21,22). The van der Waals surface area contributed by atoms with Gasteiger partial charge in [-0.1, -0.05) is 13.8 Å². The molecule has 0 spiro atoms. The van der Waals surface area contributed by atoms with E-state index in [1.165, 1.54) is 12.1 Å². The Balaban J connectivity index is 1.83. The van der Waals surface area contributed by atoms with Crippen molar-refractivity contribution >= 4 is 17.6 Å². The lowest BCUT2D eigenvalue weighted by molar-refractivity contribution is -0.113. The Labute approximate surface area is 134 Å². The number of allylic oxidation sites excluding steroid dienone is 3. The molecule has 0 atom stereocenters. The molecule has 0 saturated heterocycles. The van der Waals surface area contributed by atoms with Crippen molar-refractivity contribution in [2.75, 3.05) is 5.32 Å². The van der Waals surface area contributed by atoms with Crippen molar-refractivity contribution in [3.05, 3.63) is 65.1 Å². The van der Waals surface area contributed by atoms with Crippen molar-refractivity contribution in [2.24, 2.45) is 5.41 Å². The first kappa shape index (κ1) is 15.1. The van der Waals surface area contributed by atoms with Gasteiger partial charge in [-0.15, -0.1) is 0 Å². The Kier molecular flexibility index (Phi) is 3.56. The SMILES string of the molecule is CC1(C)CC(C(=O)Nc2ccc(C(=O)O)cc2)=C2C=COC=C21. The first-order valence-electron chi connectivity index (χ1n) is 7.29. The highest BCUT2D eigenvalue weighted by Gasteiger charge is 2.38. The minimum absolute atomic E-state index is 0.153. The number of amides is 1. The van der Waals surface area contributed by atoms with Crippen LogP contribution in [0.3, 0.4) is 0 Å². The van der Waals surface area contributed by atoms with Crippen LogP contribution in [0.4, 0.5) is 5.69 Å². The number of carbonyl (C=O) groups is 2. The van der Waals surface area contributed by atoms with E-state index >= 15 is 0 Å². The van der Waals surface area contributed by atoms with E-state index in [0.29, 0.717) is 17.7 Å². The lowest BCUT2D eigenvalue weighted by atomic mass is 9.84. The van der Waals surface area contributed by atoms with Crippen LogP contribution in [0, 0.1) is 5.41 Å². The molecular weight excluding hydrogens is 294 g/mol. The molecule has 2 N–H and O–H groups in total. The van der Waals surface area contributed by atoms with Crippen LogP contribution < -0.4 is 5.32 Å². The second-order valence-electron chi connectivity index (χ2n) is 6.26. The molecule has 1 aliphatic carbocycles. The van der Waals surface area contributed by atoms with Gasteiger partial charge in [0.1, 0.15) is 0 Å². The van der Waals surface area contributed by atoms with Gasteiger partial charge < -0.3 is 15.2 Å². The number of anilines is 1. The molecule has 0 bridgehead atoms. The number of ether oxygens (including phenoxy) is 1. The predicted octanol–water partition coefficient (Wildman–Crippen LogP) is 3.48. The normalized spacial score (nSPS) is 18.1. The summed E-state index contributed by atoms with van der Waals surface area (Å²) in [6, 6.07) is 6.11. The number of hydrogen-bond donors (Lipinski definition) is 2. The third kappa shape index (κ3) is 2.77. The fourth-order valence-electron chi connectivity index (χ4n) is 2.89. The van der Waals surface area contributed by atoms with Gasteiger partial charge in [0.05, 0.1) is 18.1 Å². The van der Waals surface area contributed by atoms with Gasteiger partial charge in [-0.05, 0) is 47.8 Å². The average molecular weight is 311 g/mol. The van der Waals surface area contributed by atoms with Crippen LogP contribution in [0.1, 0.15) is 30.6 Å². The van der Waals surface area contributed by atoms with Gasteiger partial charge in [0.2, 0.25) is 0 Å². The molecule has 0 fully saturated rings. The minimum Gasteiger partial charge on any atom is -0.478 e. The smallest absolute Gasteiger partial charge is 0.335 e. The fourth-order valence-corrected chi connectivity index (χ4v) is 2.89. The largest absolute Gasteiger partial charge is 0.478 e. The van der Waals surface area contributed by atoms with Gasteiger partial charge in [-0.25, -0.2) is 4.79 Å². The summed E-state index contributed by atoms with van der Waals surface area (Å²) in [5.74, 6) is -1.17. The highest BCUT2D eigenvalue weighted by molar-refractivity contribution is 6.06. The molecule has 5 heteroatoms. The molecule has 0 unspecified atom stereocenters. The van der Waals surface area contributed by atoms with E-state index in [4.69, 9.17) is 9.84 Å². The van der Waals surface area contributed by atoms with Crippen LogP contribution >= 0.6 is 0 Å². The Hall–Kier alpha value is -2.82. The minimum atomic E-state index is -0.993. The highest BCUT2D eigenvalue weighted by Crippen LogP contribution is 2.47. The molecule has 1 amide bonds. The van der Waals surface area contributed by atoms with Crippen LogP contribution in [0.25, 0.3) is 0 Å². The lowest BCUT2D eigenvalue weighted by Crippen LogP contribution is -2.16. The molecule has 2 aliphatic rings. The van der Waals surface area contributed by atoms with E-state index in [-0.39, 0.29) is 16.9 Å². The first-order valence-corrected chi connectivity index (χ1v) is 7.29. The van der Waals surface area contributed by atoms with Crippen LogP contribution in [0.5, 0.6) is 0 Å². The van der Waals surface area contributed by atoms with Crippen LogP contribution in [0.15, 0.2) is 59.6 Å². The van der Waals surface area contributed by atoms with Crippen molar-refractivity contribution in [2.45, 2.75) is 20.3 Å². The highest BCUT2D eigenvalue weighted by atomic mass is 16.5. The molecule has 0 saturated carbocycles. The maximum atomic E-state index is 12.6. The summed E-state index contributed by atoms with van der Waals surface area (Å²) in [5, 5.41) is 11.7. The number of carbonyl (C=O) groups excluding carboxylic acids is 1. The van der Waals surface area contributed by atoms with E-state index < -0.39 is 5.97 Å². The van der Waals surface area contributed by atoms with E-state index in [2.05, 4.69) is 19.2 Å². The first-order chi connectivity index (χ1) is 10.9. The van der Waals surface area contributed by atoms with Gasteiger partial charge in [-0.3, -0.25) is 4.79 Å². The molecule has 1 heterocycles. The third-order valence-electron chi connectivity index (χ3n) is 4.13. The Morgan fingerprint density at radius 2 is 1.91 bits per heavy atom. The zero-order valence-electron chi connectivity index (χ0n) is 12.9. The zero-order valence-corrected chi connectivity index (χ0v) is 12.9. The second-order valence-corrected chi connectivity index (χ2v) is 6.26. The summed E-state index contributed by atoms with van der Waals surface area (Å²) >= 11 is 0. The van der Waals surface area contributed by atoms with E-state index in [1.807, 2.05) is 6.08 Å². The number of carboxylic acid groups (broad SMARTS) is 1. The predicted molar refractivity (Wildman–Crippen MR) is 85.8 cm³/mol. The summed E-state index contributed by atoms with van der Waals surface area (Å²) in [6.45, 7) is 4.15. The number of benzene rings is 1. The van der Waals surface area contributed by atoms with Gasteiger partial charge in [0.15, 0.2) is 0 Å². The quantitative estimate of drug-likeness (QED) is 0.896.